The van der Waals surface area contributed by atoms with Crippen molar-refractivity contribution < 1.29 is 18.3 Å². The summed E-state index contributed by atoms with van der Waals surface area (Å²) in [6.45, 7) is 4.31. The maximum atomic E-state index is 12.0. The lowest BCUT2D eigenvalue weighted by atomic mass is 10.3. The Morgan fingerprint density at radius 2 is 2.31 bits per heavy atom. The Morgan fingerprint density at radius 1 is 1.56 bits per heavy atom. The van der Waals surface area contributed by atoms with Crippen molar-refractivity contribution in [1.82, 2.24) is 4.31 Å². The summed E-state index contributed by atoms with van der Waals surface area (Å²) in [5.74, 6) is 0.000833. The fourth-order valence-corrected chi connectivity index (χ4v) is 3.35. The van der Waals surface area contributed by atoms with E-state index >= 15 is 0 Å². The smallest absolute Gasteiger partial charge is 0.217 e. The van der Waals surface area contributed by atoms with E-state index in [2.05, 4.69) is 6.58 Å². The van der Waals surface area contributed by atoms with Gasteiger partial charge in [0.15, 0.2) is 0 Å². The predicted molar refractivity (Wildman–Crippen MR) is 61.6 cm³/mol. The summed E-state index contributed by atoms with van der Waals surface area (Å²) in [7, 11) is -3.35. The van der Waals surface area contributed by atoms with Crippen molar-refractivity contribution in [2.24, 2.45) is 0 Å². The molecule has 1 aliphatic rings. The third-order valence-corrected chi connectivity index (χ3v) is 4.41. The van der Waals surface area contributed by atoms with Gasteiger partial charge in [0.05, 0.1) is 18.5 Å². The summed E-state index contributed by atoms with van der Waals surface area (Å²) >= 11 is 0. The summed E-state index contributed by atoms with van der Waals surface area (Å²) < 4.78 is 30.4. The molecule has 0 aromatic rings. The molecule has 0 bridgehead atoms. The number of ether oxygens (including phenoxy) is 1. The van der Waals surface area contributed by atoms with Crippen LogP contribution in [0.5, 0.6) is 0 Å². The first kappa shape index (κ1) is 13.6. The summed E-state index contributed by atoms with van der Waals surface area (Å²) in [5.41, 5.74) is 0. The first-order valence-corrected chi connectivity index (χ1v) is 7.02. The number of aliphatic hydroxyl groups is 1. The summed E-state index contributed by atoms with van der Waals surface area (Å²) in [5, 5.41) is 8.82. The van der Waals surface area contributed by atoms with Crippen LogP contribution in [-0.2, 0) is 14.8 Å². The normalized spacial score (nSPS) is 21.5. The Morgan fingerprint density at radius 3 is 2.81 bits per heavy atom. The van der Waals surface area contributed by atoms with Crippen LogP contribution >= 0.6 is 0 Å². The highest BCUT2D eigenvalue weighted by Gasteiger charge is 2.27. The van der Waals surface area contributed by atoms with Crippen LogP contribution < -0.4 is 0 Å². The van der Waals surface area contributed by atoms with Gasteiger partial charge in [0.25, 0.3) is 0 Å². The van der Waals surface area contributed by atoms with Crippen molar-refractivity contribution in [3.05, 3.63) is 12.7 Å². The van der Waals surface area contributed by atoms with Gasteiger partial charge in [0.1, 0.15) is 0 Å². The molecule has 0 radical (unpaired) electrons. The molecule has 1 saturated heterocycles. The lowest BCUT2D eigenvalue weighted by Crippen LogP contribution is -2.38. The molecule has 94 valence electrons. The predicted octanol–water partition coefficient (Wildman–Crippen LogP) is -0.0245. The monoisotopic (exact) mass is 249 g/mol. The molecule has 0 aliphatic carbocycles. The second-order valence-corrected chi connectivity index (χ2v) is 5.80. The second kappa shape index (κ2) is 6.34. The van der Waals surface area contributed by atoms with E-state index in [1.54, 1.807) is 0 Å². The molecule has 0 amide bonds. The second-order valence-electron chi connectivity index (χ2n) is 3.78. The number of hydrogen-bond donors (Lipinski definition) is 1. The molecule has 6 heteroatoms. The van der Waals surface area contributed by atoms with E-state index < -0.39 is 10.0 Å². The summed E-state index contributed by atoms with van der Waals surface area (Å²) in [6.07, 6.45) is 3.03. The van der Waals surface area contributed by atoms with Gasteiger partial charge >= 0.3 is 0 Å². The number of nitrogens with zero attached hydrogens (tertiary/aromatic N) is 1. The minimum atomic E-state index is -3.35. The van der Waals surface area contributed by atoms with Gasteiger partial charge < -0.3 is 9.84 Å². The minimum absolute atomic E-state index is 0.000833. The zero-order valence-electron chi connectivity index (χ0n) is 9.34. The van der Waals surface area contributed by atoms with Crippen LogP contribution in [-0.4, -0.2) is 56.0 Å². The first-order valence-electron chi connectivity index (χ1n) is 5.41. The number of rotatable bonds is 7. The summed E-state index contributed by atoms with van der Waals surface area (Å²) in [4.78, 5) is 0. The minimum Gasteiger partial charge on any atom is -0.395 e. The van der Waals surface area contributed by atoms with Crippen LogP contribution in [0, 0.1) is 0 Å². The van der Waals surface area contributed by atoms with Crippen LogP contribution in [0.25, 0.3) is 0 Å². The van der Waals surface area contributed by atoms with Crippen LogP contribution in [0.4, 0.5) is 0 Å². The number of aliphatic hydroxyl groups excluding tert-OH is 1. The van der Waals surface area contributed by atoms with Crippen LogP contribution in [0.15, 0.2) is 12.7 Å². The summed E-state index contributed by atoms with van der Waals surface area (Å²) in [6, 6.07) is 0. The fraction of sp³-hybridized carbons (Fsp3) is 0.800. The highest BCUT2D eigenvalue weighted by molar-refractivity contribution is 7.89. The molecule has 1 atom stereocenters. The molecule has 0 spiro atoms. The van der Waals surface area contributed by atoms with Crippen LogP contribution in [0.3, 0.4) is 0 Å². The maximum Gasteiger partial charge on any atom is 0.217 e. The molecule has 1 fully saturated rings. The Hall–Kier alpha value is -0.430. The van der Waals surface area contributed by atoms with Crippen molar-refractivity contribution in [2.75, 3.05) is 32.1 Å². The molecule has 1 rings (SSSR count). The topological polar surface area (TPSA) is 66.8 Å². The van der Waals surface area contributed by atoms with Gasteiger partial charge in [-0.15, -0.1) is 6.58 Å². The standard InChI is InChI=1S/C10H19NO4S/c1-2-5-11(6-7-12)16(13,14)9-10-4-3-8-15-10/h2,10,12H,1,3-9H2. The molecule has 5 nitrogen and oxygen atoms in total. The third-order valence-electron chi connectivity index (χ3n) is 2.50. The Bertz CT molecular complexity index is 309. The quantitative estimate of drug-likeness (QED) is 0.644. The van der Waals surface area contributed by atoms with Crippen molar-refractivity contribution in [3.8, 4) is 0 Å². The van der Waals surface area contributed by atoms with Gasteiger partial charge in [-0.05, 0) is 12.8 Å². The van der Waals surface area contributed by atoms with Gasteiger partial charge in [-0.1, -0.05) is 6.08 Å². The largest absolute Gasteiger partial charge is 0.395 e. The first-order chi connectivity index (χ1) is 7.60. The fourth-order valence-electron chi connectivity index (χ4n) is 1.72. The highest BCUT2D eigenvalue weighted by Crippen LogP contribution is 2.15. The molecule has 0 saturated carbocycles. The lowest BCUT2D eigenvalue weighted by molar-refractivity contribution is 0.126. The zero-order chi connectivity index (χ0) is 12.0. The van der Waals surface area contributed by atoms with Crippen molar-refractivity contribution in [2.45, 2.75) is 18.9 Å². The lowest BCUT2D eigenvalue weighted by Gasteiger charge is -2.21. The van der Waals surface area contributed by atoms with E-state index in [9.17, 15) is 8.42 Å². The van der Waals surface area contributed by atoms with E-state index in [4.69, 9.17) is 9.84 Å². The van der Waals surface area contributed by atoms with E-state index in [0.717, 1.165) is 12.8 Å². The molecular formula is C10H19NO4S. The van der Waals surface area contributed by atoms with Crippen LogP contribution in [0.1, 0.15) is 12.8 Å². The molecule has 16 heavy (non-hydrogen) atoms. The van der Waals surface area contributed by atoms with Crippen LogP contribution in [0.2, 0.25) is 0 Å². The molecule has 1 unspecified atom stereocenters. The van der Waals surface area contributed by atoms with Crippen molar-refractivity contribution >= 4 is 10.0 Å². The highest BCUT2D eigenvalue weighted by atomic mass is 32.2. The molecule has 1 heterocycles. The van der Waals surface area contributed by atoms with E-state index in [1.165, 1.54) is 10.4 Å². The van der Waals surface area contributed by atoms with Gasteiger partial charge in [0, 0.05) is 19.7 Å². The zero-order valence-corrected chi connectivity index (χ0v) is 10.2. The van der Waals surface area contributed by atoms with Crippen molar-refractivity contribution in [1.29, 1.82) is 0 Å². The van der Waals surface area contributed by atoms with E-state index in [-0.39, 0.29) is 31.6 Å². The van der Waals surface area contributed by atoms with E-state index in [0.29, 0.717) is 6.61 Å². The Balaban J connectivity index is 2.60. The maximum absolute atomic E-state index is 12.0. The molecule has 1 aliphatic heterocycles. The Kier molecular flexibility index (Phi) is 5.40. The van der Waals surface area contributed by atoms with Gasteiger partial charge in [0.2, 0.25) is 10.0 Å². The SMILES string of the molecule is C=CCN(CCO)S(=O)(=O)CC1CCCO1. The van der Waals surface area contributed by atoms with Crippen molar-refractivity contribution in [3.63, 3.8) is 0 Å². The number of hydrogen-bond acceptors (Lipinski definition) is 4. The van der Waals surface area contributed by atoms with E-state index in [1.807, 2.05) is 0 Å². The molecule has 1 N–H and O–H groups in total. The molecular weight excluding hydrogens is 230 g/mol. The average Bonchev–Trinajstić information content (AvgIpc) is 2.69. The molecule has 0 aromatic carbocycles. The van der Waals surface area contributed by atoms with Gasteiger partial charge in [-0.3, -0.25) is 0 Å². The van der Waals surface area contributed by atoms with Gasteiger partial charge in [-0.25, -0.2) is 8.42 Å². The third kappa shape index (κ3) is 3.86. The number of sulfonamides is 1. The van der Waals surface area contributed by atoms with Gasteiger partial charge in [-0.2, -0.15) is 4.31 Å². The Labute approximate surface area is 96.8 Å². The molecule has 0 aromatic heterocycles. The average molecular weight is 249 g/mol.